The Labute approximate surface area is 205 Å². The molecule has 0 bridgehead atoms. The maximum absolute atomic E-state index is 14.9. The lowest BCUT2D eigenvalue weighted by Gasteiger charge is -2.13. The largest absolute Gasteiger partial charge is 0.422 e. The van der Waals surface area contributed by atoms with Crippen molar-refractivity contribution in [2.24, 2.45) is 0 Å². The van der Waals surface area contributed by atoms with E-state index in [1.165, 1.54) is 12.1 Å². The zero-order valence-corrected chi connectivity index (χ0v) is 19.4. The Morgan fingerprint density at radius 1 is 0.667 bits per heavy atom. The van der Waals surface area contributed by atoms with E-state index in [-0.39, 0.29) is 11.1 Å². The number of hydrogen-bond acceptors (Lipinski definition) is 0. The summed E-state index contributed by atoms with van der Waals surface area (Å²) in [6.45, 7) is 3.98. The second-order valence-corrected chi connectivity index (χ2v) is 8.35. The molecule has 0 heterocycles. The van der Waals surface area contributed by atoms with Crippen LogP contribution in [0.15, 0.2) is 72.8 Å². The third-order valence-electron chi connectivity index (χ3n) is 5.82. The van der Waals surface area contributed by atoms with Gasteiger partial charge in [-0.3, -0.25) is 0 Å². The van der Waals surface area contributed by atoms with Crippen LogP contribution in [-0.4, -0.2) is 0 Å². The minimum absolute atomic E-state index is 0.207. The second kappa shape index (κ2) is 9.94. The van der Waals surface area contributed by atoms with Crippen LogP contribution in [0.1, 0.15) is 34.7 Å². The molecule has 0 fully saturated rings. The highest BCUT2D eigenvalue weighted by Gasteiger charge is 2.38. The fourth-order valence-corrected chi connectivity index (χ4v) is 3.89. The molecule has 36 heavy (non-hydrogen) atoms. The molecule has 0 aliphatic carbocycles. The van der Waals surface area contributed by atoms with Crippen molar-refractivity contribution < 1.29 is 26.3 Å². The van der Waals surface area contributed by atoms with Crippen molar-refractivity contribution in [3.8, 4) is 34.1 Å². The van der Waals surface area contributed by atoms with E-state index in [1.54, 1.807) is 12.1 Å². The summed E-state index contributed by atoms with van der Waals surface area (Å²) in [4.78, 5) is 0. The number of benzene rings is 4. The molecule has 0 spiro atoms. The van der Waals surface area contributed by atoms with Crippen LogP contribution >= 0.6 is 0 Å². The SMILES string of the molecule is CCc1cc(-c2ccc(-c3cc(F)c(C(F)(F)F)c(F)c3)c(F)c2)ccc1C#Cc1ccc(C)cc1. The summed E-state index contributed by atoms with van der Waals surface area (Å²) in [5, 5.41) is 0. The normalized spacial score (nSPS) is 11.2. The van der Waals surface area contributed by atoms with Crippen LogP contribution in [0.2, 0.25) is 0 Å². The molecule has 0 radical (unpaired) electrons. The van der Waals surface area contributed by atoms with Gasteiger partial charge in [0.1, 0.15) is 23.0 Å². The molecule has 4 rings (SSSR count). The standard InChI is InChI=1S/C30H20F6/c1-3-20-14-22(11-10-21(20)9-8-19-6-4-18(2)5-7-19)23-12-13-25(26(31)15-23)24-16-27(32)29(28(33)17-24)30(34,35)36/h4-7,10-17H,3H2,1-2H3. The Morgan fingerprint density at radius 2 is 1.25 bits per heavy atom. The fraction of sp³-hybridized carbons (Fsp3) is 0.133. The Kier molecular flexibility index (Phi) is 6.94. The van der Waals surface area contributed by atoms with Gasteiger partial charge in [-0.1, -0.05) is 54.7 Å². The summed E-state index contributed by atoms with van der Waals surface area (Å²) in [6, 6.07) is 18.4. The van der Waals surface area contributed by atoms with Gasteiger partial charge in [-0.15, -0.1) is 0 Å². The highest BCUT2D eigenvalue weighted by Crippen LogP contribution is 2.37. The summed E-state index contributed by atoms with van der Waals surface area (Å²) in [7, 11) is 0. The maximum Gasteiger partial charge on any atom is 0.422 e. The summed E-state index contributed by atoms with van der Waals surface area (Å²) in [5.74, 6) is 1.91. The predicted octanol–water partition coefficient (Wildman–Crippen LogP) is 8.73. The van der Waals surface area contributed by atoms with E-state index in [0.717, 1.165) is 22.3 Å². The highest BCUT2D eigenvalue weighted by molar-refractivity contribution is 5.72. The van der Waals surface area contributed by atoms with Crippen LogP contribution < -0.4 is 0 Å². The lowest BCUT2D eigenvalue weighted by atomic mass is 9.95. The van der Waals surface area contributed by atoms with Gasteiger partial charge in [0.2, 0.25) is 0 Å². The van der Waals surface area contributed by atoms with Crippen molar-refractivity contribution in [1.82, 2.24) is 0 Å². The summed E-state index contributed by atoms with van der Waals surface area (Å²) < 4.78 is 81.4. The first-order valence-corrected chi connectivity index (χ1v) is 11.1. The van der Waals surface area contributed by atoms with Crippen molar-refractivity contribution in [3.05, 3.63) is 118 Å². The van der Waals surface area contributed by atoms with Crippen molar-refractivity contribution in [3.63, 3.8) is 0 Å². The zero-order chi connectivity index (χ0) is 26.0. The molecular formula is C30H20F6. The van der Waals surface area contributed by atoms with Gasteiger partial charge in [0.15, 0.2) is 0 Å². The number of rotatable bonds is 3. The molecule has 0 N–H and O–H groups in total. The first-order chi connectivity index (χ1) is 17.1. The van der Waals surface area contributed by atoms with Crippen molar-refractivity contribution in [2.75, 3.05) is 0 Å². The van der Waals surface area contributed by atoms with E-state index in [4.69, 9.17) is 0 Å². The summed E-state index contributed by atoms with van der Waals surface area (Å²) in [5.41, 5.74) is 2.53. The van der Waals surface area contributed by atoms with Crippen LogP contribution in [0, 0.1) is 36.2 Å². The molecule has 4 aromatic carbocycles. The average Bonchev–Trinajstić information content (AvgIpc) is 2.82. The molecule has 182 valence electrons. The lowest BCUT2D eigenvalue weighted by molar-refractivity contribution is -0.142. The predicted molar refractivity (Wildman–Crippen MR) is 129 cm³/mol. The minimum atomic E-state index is -5.19. The molecular weight excluding hydrogens is 474 g/mol. The van der Waals surface area contributed by atoms with Gasteiger partial charge < -0.3 is 0 Å². The molecule has 0 nitrogen and oxygen atoms in total. The van der Waals surface area contributed by atoms with Gasteiger partial charge >= 0.3 is 6.18 Å². The van der Waals surface area contributed by atoms with Gasteiger partial charge in [-0.2, -0.15) is 13.2 Å². The molecule has 0 atom stereocenters. The van der Waals surface area contributed by atoms with Crippen LogP contribution in [0.4, 0.5) is 26.3 Å². The topological polar surface area (TPSA) is 0 Å². The molecule has 0 saturated heterocycles. The molecule has 0 saturated carbocycles. The molecule has 0 aliphatic rings. The van der Waals surface area contributed by atoms with Gasteiger partial charge in [-0.25, -0.2) is 13.2 Å². The lowest BCUT2D eigenvalue weighted by Crippen LogP contribution is -2.11. The van der Waals surface area contributed by atoms with Crippen LogP contribution in [-0.2, 0) is 12.6 Å². The first kappa shape index (κ1) is 25.1. The second-order valence-electron chi connectivity index (χ2n) is 8.35. The Balaban J connectivity index is 1.66. The monoisotopic (exact) mass is 494 g/mol. The number of halogens is 6. The number of hydrogen-bond donors (Lipinski definition) is 0. The summed E-state index contributed by atoms with van der Waals surface area (Å²) >= 11 is 0. The molecule has 0 unspecified atom stereocenters. The van der Waals surface area contributed by atoms with Crippen molar-refractivity contribution >= 4 is 0 Å². The number of alkyl halides is 3. The van der Waals surface area contributed by atoms with Crippen LogP contribution in [0.3, 0.4) is 0 Å². The Morgan fingerprint density at radius 3 is 1.83 bits per heavy atom. The quantitative estimate of drug-likeness (QED) is 0.197. The summed E-state index contributed by atoms with van der Waals surface area (Å²) in [6.07, 6.45) is -4.50. The fourth-order valence-electron chi connectivity index (χ4n) is 3.89. The van der Waals surface area contributed by atoms with Crippen molar-refractivity contribution in [1.29, 1.82) is 0 Å². The minimum Gasteiger partial charge on any atom is -0.206 e. The smallest absolute Gasteiger partial charge is 0.206 e. The molecule has 0 amide bonds. The average molecular weight is 494 g/mol. The van der Waals surface area contributed by atoms with Crippen molar-refractivity contribution in [2.45, 2.75) is 26.4 Å². The van der Waals surface area contributed by atoms with Gasteiger partial charge in [0.05, 0.1) is 0 Å². The Hall–Kier alpha value is -3.98. The maximum atomic E-state index is 14.9. The van der Waals surface area contributed by atoms with Crippen LogP contribution in [0.5, 0.6) is 0 Å². The van der Waals surface area contributed by atoms with E-state index in [9.17, 15) is 26.3 Å². The molecule has 0 aliphatic heterocycles. The Bertz CT molecular complexity index is 1460. The third-order valence-corrected chi connectivity index (χ3v) is 5.82. The van der Waals surface area contributed by atoms with E-state index in [2.05, 4.69) is 11.8 Å². The zero-order valence-electron chi connectivity index (χ0n) is 19.4. The first-order valence-electron chi connectivity index (χ1n) is 11.1. The van der Waals surface area contributed by atoms with Crippen LogP contribution in [0.25, 0.3) is 22.3 Å². The van der Waals surface area contributed by atoms with Gasteiger partial charge in [0, 0.05) is 16.7 Å². The van der Waals surface area contributed by atoms with E-state index < -0.39 is 29.2 Å². The highest BCUT2D eigenvalue weighted by atomic mass is 19.4. The van der Waals surface area contributed by atoms with E-state index in [1.807, 2.05) is 50.2 Å². The third kappa shape index (κ3) is 5.31. The van der Waals surface area contributed by atoms with Gasteiger partial charge in [0.25, 0.3) is 0 Å². The molecule has 6 heteroatoms. The van der Waals surface area contributed by atoms with Gasteiger partial charge in [-0.05, 0) is 78.1 Å². The van der Waals surface area contributed by atoms with E-state index in [0.29, 0.717) is 29.7 Å². The number of aryl methyl sites for hydroxylation is 2. The molecule has 0 aromatic heterocycles. The van der Waals surface area contributed by atoms with E-state index >= 15 is 0 Å². The molecule has 4 aromatic rings.